The molecule has 0 radical (unpaired) electrons. The first kappa shape index (κ1) is 14.5. The summed E-state index contributed by atoms with van der Waals surface area (Å²) in [4.78, 5) is 30.2. The third-order valence-electron chi connectivity index (χ3n) is 2.96. The first-order chi connectivity index (χ1) is 10.5. The molecule has 0 spiro atoms. The Balaban J connectivity index is 2.11. The van der Waals surface area contributed by atoms with Crippen molar-refractivity contribution < 1.29 is 19.8 Å². The minimum absolute atomic E-state index is 0.223. The van der Waals surface area contributed by atoms with Gasteiger partial charge in [-0.1, -0.05) is 11.6 Å². The molecule has 0 saturated carbocycles. The van der Waals surface area contributed by atoms with Crippen LogP contribution in [0.25, 0.3) is 20.2 Å². The van der Waals surface area contributed by atoms with Crippen LogP contribution in [-0.2, 0) is 4.79 Å². The smallest absolute Gasteiger partial charge is 0.322 e. The molecule has 3 aromatic rings. The average molecular weight is 338 g/mol. The number of aliphatic carboxylic acids is 1. The highest BCUT2D eigenvalue weighted by molar-refractivity contribution is 7.26. The number of carboxylic acid groups (broad SMARTS) is 1. The van der Waals surface area contributed by atoms with Crippen molar-refractivity contribution in [3.63, 3.8) is 0 Å². The van der Waals surface area contributed by atoms with E-state index in [1.54, 1.807) is 12.3 Å². The normalized spacial score (nSPS) is 11.0. The van der Waals surface area contributed by atoms with Gasteiger partial charge in [0.1, 0.15) is 11.7 Å². The Labute approximate surface area is 132 Å². The molecule has 1 amide bonds. The van der Waals surface area contributed by atoms with Crippen LogP contribution in [0, 0.1) is 0 Å². The van der Waals surface area contributed by atoms with E-state index in [1.165, 1.54) is 17.5 Å². The van der Waals surface area contributed by atoms with Crippen LogP contribution >= 0.6 is 22.9 Å². The summed E-state index contributed by atoms with van der Waals surface area (Å²) in [6.45, 7) is -0.552. The fraction of sp³-hybridized carbons (Fsp3) is 0.0769. The number of carbonyl (C=O) groups excluding carboxylic acids is 1. The number of nitrogens with one attached hydrogen (secondary N) is 1. The summed E-state index contributed by atoms with van der Waals surface area (Å²) in [5, 5.41) is 22.7. The Kier molecular flexibility index (Phi) is 3.55. The van der Waals surface area contributed by atoms with E-state index < -0.39 is 18.4 Å². The number of pyridine rings is 2. The highest BCUT2D eigenvalue weighted by Gasteiger charge is 2.19. The molecule has 0 atom stereocenters. The van der Waals surface area contributed by atoms with Gasteiger partial charge in [-0.3, -0.25) is 9.59 Å². The molecular weight excluding hydrogens is 330 g/mol. The fourth-order valence-electron chi connectivity index (χ4n) is 2.00. The van der Waals surface area contributed by atoms with Crippen LogP contribution in [-0.4, -0.2) is 38.6 Å². The molecule has 0 aliphatic rings. The molecule has 3 N–H and O–H groups in total. The van der Waals surface area contributed by atoms with E-state index in [-0.39, 0.29) is 11.4 Å². The number of rotatable bonds is 3. The quantitative estimate of drug-likeness (QED) is 0.630. The number of aromatic nitrogens is 2. The zero-order chi connectivity index (χ0) is 15.9. The Morgan fingerprint density at radius 2 is 2.05 bits per heavy atom. The van der Waals surface area contributed by atoms with Crippen molar-refractivity contribution in [2.75, 3.05) is 6.54 Å². The predicted octanol–water partition coefficient (Wildman–Crippen LogP) is 2.02. The SMILES string of the molecule is O=C(O)CNC(=O)c1ncc2c(sc3cnc(Cl)cc32)c1O. The van der Waals surface area contributed by atoms with E-state index in [0.29, 0.717) is 15.2 Å². The van der Waals surface area contributed by atoms with E-state index in [4.69, 9.17) is 16.7 Å². The number of carbonyl (C=O) groups is 2. The number of hydrogen-bond donors (Lipinski definition) is 3. The Morgan fingerprint density at radius 1 is 1.27 bits per heavy atom. The average Bonchev–Trinajstić information content (AvgIpc) is 2.84. The number of carboxylic acids is 1. The van der Waals surface area contributed by atoms with Crippen LogP contribution in [0.1, 0.15) is 10.5 Å². The van der Waals surface area contributed by atoms with Crippen LogP contribution in [0.3, 0.4) is 0 Å². The number of nitrogens with zero attached hydrogens (tertiary/aromatic N) is 2. The number of aromatic hydroxyl groups is 1. The molecule has 0 fully saturated rings. The summed E-state index contributed by atoms with van der Waals surface area (Å²) >= 11 is 7.10. The molecule has 0 aliphatic carbocycles. The zero-order valence-electron chi connectivity index (χ0n) is 10.8. The molecule has 0 saturated heterocycles. The molecular formula is C13H8ClN3O4S. The molecule has 9 heteroatoms. The van der Waals surface area contributed by atoms with Gasteiger partial charge in [0.2, 0.25) is 0 Å². The van der Waals surface area contributed by atoms with Crippen LogP contribution in [0.5, 0.6) is 5.75 Å². The van der Waals surface area contributed by atoms with Crippen molar-refractivity contribution in [3.8, 4) is 5.75 Å². The van der Waals surface area contributed by atoms with E-state index in [0.717, 1.165) is 10.1 Å². The molecule has 0 aromatic carbocycles. The number of thiophene rings is 1. The van der Waals surface area contributed by atoms with Crippen LogP contribution in [0.15, 0.2) is 18.5 Å². The maximum Gasteiger partial charge on any atom is 0.322 e. The maximum atomic E-state index is 11.9. The molecule has 0 aliphatic heterocycles. The van der Waals surface area contributed by atoms with Gasteiger partial charge in [-0.05, 0) is 6.07 Å². The Hall–Kier alpha value is -2.45. The lowest BCUT2D eigenvalue weighted by Gasteiger charge is -2.04. The Bertz CT molecular complexity index is 924. The summed E-state index contributed by atoms with van der Waals surface area (Å²) < 4.78 is 1.26. The lowest BCUT2D eigenvalue weighted by atomic mass is 10.2. The minimum atomic E-state index is -1.18. The van der Waals surface area contributed by atoms with Crippen LogP contribution in [0.4, 0.5) is 0 Å². The van der Waals surface area contributed by atoms with Gasteiger partial charge in [-0.15, -0.1) is 11.3 Å². The summed E-state index contributed by atoms with van der Waals surface area (Å²) in [6.07, 6.45) is 3.02. The molecule has 7 nitrogen and oxygen atoms in total. The van der Waals surface area contributed by atoms with Crippen molar-refractivity contribution in [1.82, 2.24) is 15.3 Å². The van der Waals surface area contributed by atoms with Crippen molar-refractivity contribution in [2.45, 2.75) is 0 Å². The fourth-order valence-corrected chi connectivity index (χ4v) is 3.23. The second-order valence-corrected chi connectivity index (χ2v) is 5.82. The van der Waals surface area contributed by atoms with Gasteiger partial charge >= 0.3 is 5.97 Å². The van der Waals surface area contributed by atoms with Gasteiger partial charge in [-0.2, -0.15) is 0 Å². The van der Waals surface area contributed by atoms with E-state index >= 15 is 0 Å². The topological polar surface area (TPSA) is 112 Å². The molecule has 3 heterocycles. The first-order valence-corrected chi connectivity index (χ1v) is 7.22. The Morgan fingerprint density at radius 3 is 2.77 bits per heavy atom. The number of hydrogen-bond acceptors (Lipinski definition) is 6. The lowest BCUT2D eigenvalue weighted by Crippen LogP contribution is -2.29. The van der Waals surface area contributed by atoms with Gasteiger partial charge in [0.25, 0.3) is 5.91 Å². The third kappa shape index (κ3) is 2.42. The second-order valence-electron chi connectivity index (χ2n) is 4.38. The second kappa shape index (κ2) is 5.39. The van der Waals surface area contributed by atoms with Crippen LogP contribution < -0.4 is 5.32 Å². The van der Waals surface area contributed by atoms with Crippen molar-refractivity contribution in [2.24, 2.45) is 0 Å². The number of halogens is 1. The van der Waals surface area contributed by atoms with Gasteiger partial charge in [0.15, 0.2) is 11.4 Å². The lowest BCUT2D eigenvalue weighted by molar-refractivity contribution is -0.135. The highest BCUT2D eigenvalue weighted by atomic mass is 35.5. The molecule has 112 valence electrons. The third-order valence-corrected chi connectivity index (χ3v) is 4.33. The zero-order valence-corrected chi connectivity index (χ0v) is 12.4. The summed E-state index contributed by atoms with van der Waals surface area (Å²) in [5.74, 6) is -2.23. The van der Waals surface area contributed by atoms with Gasteiger partial charge < -0.3 is 15.5 Å². The van der Waals surface area contributed by atoms with E-state index in [1.807, 2.05) is 0 Å². The van der Waals surface area contributed by atoms with Crippen molar-refractivity contribution in [3.05, 3.63) is 29.3 Å². The van der Waals surface area contributed by atoms with E-state index in [9.17, 15) is 14.7 Å². The molecule has 0 bridgehead atoms. The first-order valence-electron chi connectivity index (χ1n) is 6.03. The molecule has 3 aromatic heterocycles. The molecule has 3 rings (SSSR count). The highest BCUT2D eigenvalue weighted by Crippen LogP contribution is 2.39. The largest absolute Gasteiger partial charge is 0.504 e. The molecule has 0 unspecified atom stereocenters. The maximum absolute atomic E-state index is 11.9. The van der Waals surface area contributed by atoms with E-state index in [2.05, 4.69) is 15.3 Å². The van der Waals surface area contributed by atoms with Gasteiger partial charge in [0.05, 0.1) is 9.40 Å². The summed E-state index contributed by atoms with van der Waals surface area (Å²) in [5.41, 5.74) is -0.223. The summed E-state index contributed by atoms with van der Waals surface area (Å²) in [6, 6.07) is 1.65. The number of amides is 1. The van der Waals surface area contributed by atoms with Crippen molar-refractivity contribution in [1.29, 1.82) is 0 Å². The predicted molar refractivity (Wildman–Crippen MR) is 81.6 cm³/mol. The number of fused-ring (bicyclic) bond motifs is 3. The van der Waals surface area contributed by atoms with Crippen LogP contribution in [0.2, 0.25) is 5.15 Å². The minimum Gasteiger partial charge on any atom is -0.504 e. The molecule has 22 heavy (non-hydrogen) atoms. The van der Waals surface area contributed by atoms with Gasteiger partial charge in [-0.25, -0.2) is 9.97 Å². The summed E-state index contributed by atoms with van der Waals surface area (Å²) in [7, 11) is 0. The van der Waals surface area contributed by atoms with Gasteiger partial charge in [0, 0.05) is 23.2 Å². The monoisotopic (exact) mass is 337 g/mol. The standard InChI is InChI=1S/C13H8ClN3O4S/c14-8-1-5-6-2-16-10(13(21)17-4-9(18)19)11(20)12(6)22-7(5)3-15-8/h1-3,20H,4H2,(H,17,21)(H,18,19). The van der Waals surface area contributed by atoms with Crippen molar-refractivity contribution >= 4 is 55.0 Å².